The van der Waals surface area contributed by atoms with Crippen LogP contribution in [0.25, 0.3) is 0 Å². The Morgan fingerprint density at radius 1 is 1.57 bits per heavy atom. The average molecular weight is 196 g/mol. The van der Waals surface area contributed by atoms with E-state index in [-0.39, 0.29) is 12.0 Å². The van der Waals surface area contributed by atoms with E-state index in [0.29, 0.717) is 6.54 Å². The monoisotopic (exact) mass is 196 g/mol. The summed E-state index contributed by atoms with van der Waals surface area (Å²) in [6.07, 6.45) is 3.52. The van der Waals surface area contributed by atoms with Gasteiger partial charge in [-0.05, 0) is 18.9 Å². The average Bonchev–Trinajstić information content (AvgIpc) is 2.96. The summed E-state index contributed by atoms with van der Waals surface area (Å²) in [6, 6.07) is 3.07. The normalized spacial score (nSPS) is 17.9. The lowest BCUT2D eigenvalue weighted by molar-refractivity contribution is 0.220. The molecule has 4 heteroatoms. The molecule has 0 spiro atoms. The Kier molecular flexibility index (Phi) is 2.37. The molecule has 2 rings (SSSR count). The van der Waals surface area contributed by atoms with Crippen LogP contribution in [-0.4, -0.2) is 23.2 Å². The number of hydrogen-bond donors (Lipinski definition) is 2. The van der Waals surface area contributed by atoms with E-state index in [2.05, 4.69) is 10.3 Å². The van der Waals surface area contributed by atoms with Crippen LogP contribution in [0.4, 0.5) is 10.1 Å². The predicted molar refractivity (Wildman–Crippen MR) is 51.4 cm³/mol. The molecular weight excluding hydrogens is 183 g/mol. The summed E-state index contributed by atoms with van der Waals surface area (Å²) in [5, 5.41) is 12.2. The number of nitrogens with one attached hydrogen (secondary N) is 1. The predicted octanol–water partition coefficient (Wildman–Crippen LogP) is 1.41. The Hall–Kier alpha value is -1.16. The van der Waals surface area contributed by atoms with E-state index >= 15 is 0 Å². The highest BCUT2D eigenvalue weighted by atomic mass is 19.1. The highest BCUT2D eigenvalue weighted by Crippen LogP contribution is 2.44. The maximum atomic E-state index is 12.7. The lowest BCUT2D eigenvalue weighted by Gasteiger charge is -2.13. The van der Waals surface area contributed by atoms with Gasteiger partial charge in [-0.15, -0.1) is 0 Å². The van der Waals surface area contributed by atoms with Crippen LogP contribution in [-0.2, 0) is 0 Å². The molecule has 0 aliphatic heterocycles. The van der Waals surface area contributed by atoms with Crippen LogP contribution < -0.4 is 5.32 Å². The molecule has 0 amide bonds. The SMILES string of the molecule is OCC1(CNc2ccnc(F)c2)CC1. The van der Waals surface area contributed by atoms with Crippen molar-refractivity contribution in [1.82, 2.24) is 4.98 Å². The van der Waals surface area contributed by atoms with Crippen molar-refractivity contribution in [3.63, 3.8) is 0 Å². The molecule has 1 saturated carbocycles. The number of nitrogens with zero attached hydrogens (tertiary/aromatic N) is 1. The fourth-order valence-electron chi connectivity index (χ4n) is 1.37. The van der Waals surface area contributed by atoms with E-state index in [4.69, 9.17) is 5.11 Å². The summed E-state index contributed by atoms with van der Waals surface area (Å²) in [7, 11) is 0. The molecule has 0 radical (unpaired) electrons. The van der Waals surface area contributed by atoms with Crippen LogP contribution in [0, 0.1) is 11.4 Å². The second-order valence-corrected chi connectivity index (χ2v) is 3.88. The molecule has 1 heterocycles. The Bertz CT molecular complexity index is 326. The van der Waals surface area contributed by atoms with Crippen LogP contribution in [0.5, 0.6) is 0 Å². The van der Waals surface area contributed by atoms with Gasteiger partial charge in [-0.25, -0.2) is 4.98 Å². The fourth-order valence-corrected chi connectivity index (χ4v) is 1.37. The maximum Gasteiger partial charge on any atom is 0.214 e. The van der Waals surface area contributed by atoms with E-state index in [1.54, 1.807) is 6.07 Å². The van der Waals surface area contributed by atoms with Crippen molar-refractivity contribution in [2.75, 3.05) is 18.5 Å². The molecule has 0 bridgehead atoms. The molecule has 3 nitrogen and oxygen atoms in total. The highest BCUT2D eigenvalue weighted by molar-refractivity contribution is 5.41. The quantitative estimate of drug-likeness (QED) is 0.715. The first kappa shape index (κ1) is 9.40. The molecule has 14 heavy (non-hydrogen) atoms. The van der Waals surface area contributed by atoms with Crippen molar-refractivity contribution < 1.29 is 9.50 Å². The van der Waals surface area contributed by atoms with E-state index < -0.39 is 5.95 Å². The van der Waals surface area contributed by atoms with E-state index in [1.165, 1.54) is 12.3 Å². The molecule has 1 aromatic heterocycles. The summed E-state index contributed by atoms with van der Waals surface area (Å²) >= 11 is 0. The minimum Gasteiger partial charge on any atom is -0.396 e. The molecule has 0 unspecified atom stereocenters. The minimum absolute atomic E-state index is 0.0414. The second kappa shape index (κ2) is 3.53. The number of rotatable bonds is 4. The number of aromatic nitrogens is 1. The number of aliphatic hydroxyl groups is 1. The molecule has 2 N–H and O–H groups in total. The number of pyridine rings is 1. The zero-order valence-corrected chi connectivity index (χ0v) is 7.83. The van der Waals surface area contributed by atoms with Gasteiger partial charge in [0.1, 0.15) is 0 Å². The molecule has 0 atom stereocenters. The third-order valence-electron chi connectivity index (χ3n) is 2.69. The topological polar surface area (TPSA) is 45.1 Å². The van der Waals surface area contributed by atoms with Gasteiger partial charge < -0.3 is 10.4 Å². The zero-order valence-electron chi connectivity index (χ0n) is 7.83. The molecule has 76 valence electrons. The third-order valence-corrected chi connectivity index (χ3v) is 2.69. The van der Waals surface area contributed by atoms with Crippen molar-refractivity contribution >= 4 is 5.69 Å². The molecule has 1 aliphatic carbocycles. The Labute approximate surface area is 82.0 Å². The Balaban J connectivity index is 1.92. The number of anilines is 1. The van der Waals surface area contributed by atoms with Crippen molar-refractivity contribution in [1.29, 1.82) is 0 Å². The summed E-state index contributed by atoms with van der Waals surface area (Å²) in [6.45, 7) is 0.903. The maximum absolute atomic E-state index is 12.7. The summed E-state index contributed by atoms with van der Waals surface area (Å²) in [5.74, 6) is -0.483. The molecular formula is C10H13FN2O. The van der Waals surface area contributed by atoms with E-state index in [0.717, 1.165) is 18.5 Å². The van der Waals surface area contributed by atoms with Gasteiger partial charge in [-0.1, -0.05) is 0 Å². The van der Waals surface area contributed by atoms with Gasteiger partial charge in [0.05, 0.1) is 6.61 Å². The lowest BCUT2D eigenvalue weighted by Crippen LogP contribution is -2.19. The number of hydrogen-bond acceptors (Lipinski definition) is 3. The van der Waals surface area contributed by atoms with Crippen molar-refractivity contribution in [3.8, 4) is 0 Å². The molecule has 1 aromatic rings. The fraction of sp³-hybridized carbons (Fsp3) is 0.500. The summed E-state index contributed by atoms with van der Waals surface area (Å²) < 4.78 is 12.7. The molecule has 0 aromatic carbocycles. The smallest absolute Gasteiger partial charge is 0.214 e. The zero-order chi connectivity index (χ0) is 10.0. The molecule has 1 fully saturated rings. The third kappa shape index (κ3) is 2.01. The van der Waals surface area contributed by atoms with Crippen molar-refractivity contribution in [3.05, 3.63) is 24.3 Å². The molecule has 1 aliphatic rings. The first-order valence-electron chi connectivity index (χ1n) is 4.70. The number of aliphatic hydroxyl groups excluding tert-OH is 1. The van der Waals surface area contributed by atoms with Gasteiger partial charge in [-0.3, -0.25) is 0 Å². The Morgan fingerprint density at radius 3 is 2.93 bits per heavy atom. The van der Waals surface area contributed by atoms with Crippen LogP contribution in [0.15, 0.2) is 18.3 Å². The highest BCUT2D eigenvalue weighted by Gasteiger charge is 2.41. The van der Waals surface area contributed by atoms with Gasteiger partial charge in [0.25, 0.3) is 0 Å². The van der Waals surface area contributed by atoms with Crippen LogP contribution in [0.1, 0.15) is 12.8 Å². The summed E-state index contributed by atoms with van der Waals surface area (Å²) in [4.78, 5) is 3.46. The van der Waals surface area contributed by atoms with Crippen LogP contribution in [0.2, 0.25) is 0 Å². The first-order chi connectivity index (χ1) is 6.74. The van der Waals surface area contributed by atoms with Gasteiger partial charge in [0.2, 0.25) is 5.95 Å². The molecule has 0 saturated heterocycles. The van der Waals surface area contributed by atoms with E-state index in [9.17, 15) is 4.39 Å². The van der Waals surface area contributed by atoms with Crippen molar-refractivity contribution in [2.24, 2.45) is 5.41 Å². The van der Waals surface area contributed by atoms with Gasteiger partial charge in [0.15, 0.2) is 0 Å². The van der Waals surface area contributed by atoms with Gasteiger partial charge >= 0.3 is 0 Å². The minimum atomic E-state index is -0.483. The van der Waals surface area contributed by atoms with Crippen LogP contribution >= 0.6 is 0 Å². The number of halogens is 1. The van der Waals surface area contributed by atoms with Crippen molar-refractivity contribution in [2.45, 2.75) is 12.8 Å². The summed E-state index contributed by atoms with van der Waals surface area (Å²) in [5.41, 5.74) is 0.761. The largest absolute Gasteiger partial charge is 0.396 e. The standard InChI is InChI=1S/C10H13FN2O/c11-9-5-8(1-4-12-9)13-6-10(7-14)2-3-10/h1,4-5,14H,2-3,6-7H2,(H,12,13). The van der Waals surface area contributed by atoms with Gasteiger partial charge in [-0.2, -0.15) is 4.39 Å². The van der Waals surface area contributed by atoms with Gasteiger partial charge in [0, 0.05) is 29.9 Å². The first-order valence-corrected chi connectivity index (χ1v) is 4.70. The Morgan fingerprint density at radius 2 is 2.36 bits per heavy atom. The van der Waals surface area contributed by atoms with Crippen LogP contribution in [0.3, 0.4) is 0 Å². The second-order valence-electron chi connectivity index (χ2n) is 3.88. The van der Waals surface area contributed by atoms with E-state index in [1.807, 2.05) is 0 Å². The lowest BCUT2D eigenvalue weighted by atomic mass is 10.1.